The van der Waals surface area contributed by atoms with Gasteiger partial charge < -0.3 is 4.74 Å². The predicted molar refractivity (Wildman–Crippen MR) is 59.8 cm³/mol. The van der Waals surface area contributed by atoms with Crippen LogP contribution in [-0.2, 0) is 0 Å². The molecule has 0 saturated heterocycles. The normalized spacial score (nSPS) is 12.0. The van der Waals surface area contributed by atoms with Crippen molar-refractivity contribution >= 4 is 0 Å². The summed E-state index contributed by atoms with van der Waals surface area (Å²) in [5.74, 6) is 0.835. The zero-order valence-corrected chi connectivity index (χ0v) is 9.21. The first-order chi connectivity index (χ1) is 7.13. The lowest BCUT2D eigenvalue weighted by atomic mass is 10.1. The molecule has 0 aromatic heterocycles. The Bertz CT molecular complexity index is 353. The molecule has 0 heterocycles. The molecule has 4 nitrogen and oxygen atoms in total. The van der Waals surface area contributed by atoms with Gasteiger partial charge in [0.2, 0.25) is 0 Å². The smallest absolute Gasteiger partial charge is 0.119 e. The van der Waals surface area contributed by atoms with E-state index in [1.807, 2.05) is 45.0 Å². The first-order valence-corrected chi connectivity index (χ1v) is 4.94. The minimum absolute atomic E-state index is 0.136. The first kappa shape index (κ1) is 11.4. The molecular formula is C11H15N3O. The van der Waals surface area contributed by atoms with Crippen molar-refractivity contribution in [2.75, 3.05) is 0 Å². The Morgan fingerprint density at radius 1 is 1.20 bits per heavy atom. The van der Waals surface area contributed by atoms with E-state index in [0.29, 0.717) is 0 Å². The van der Waals surface area contributed by atoms with Crippen LogP contribution in [0, 0.1) is 0 Å². The summed E-state index contributed by atoms with van der Waals surface area (Å²) in [6, 6.07) is 7.47. The standard InChI is InChI=1S/C11H15N3O/c1-8(2)15-11-6-4-10(5-7-11)9(3)13-14-12/h4-9H,1-3H3. The van der Waals surface area contributed by atoms with Crippen LogP contribution in [0.1, 0.15) is 32.4 Å². The molecule has 1 aromatic rings. The minimum Gasteiger partial charge on any atom is -0.491 e. The second-order valence-electron chi connectivity index (χ2n) is 3.62. The van der Waals surface area contributed by atoms with Gasteiger partial charge in [-0.15, -0.1) is 0 Å². The highest BCUT2D eigenvalue weighted by molar-refractivity contribution is 5.29. The van der Waals surface area contributed by atoms with Crippen molar-refractivity contribution in [3.63, 3.8) is 0 Å². The topological polar surface area (TPSA) is 58.0 Å². The van der Waals surface area contributed by atoms with Crippen LogP contribution in [0.3, 0.4) is 0 Å². The first-order valence-electron chi connectivity index (χ1n) is 4.94. The average molecular weight is 205 g/mol. The van der Waals surface area contributed by atoms with Gasteiger partial charge in [-0.25, -0.2) is 0 Å². The van der Waals surface area contributed by atoms with Gasteiger partial charge in [-0.1, -0.05) is 24.2 Å². The quantitative estimate of drug-likeness (QED) is 0.418. The van der Waals surface area contributed by atoms with Crippen LogP contribution < -0.4 is 4.74 Å². The number of benzene rings is 1. The molecular weight excluding hydrogens is 190 g/mol. The maximum atomic E-state index is 8.31. The van der Waals surface area contributed by atoms with Crippen molar-refractivity contribution in [2.45, 2.75) is 32.9 Å². The SMILES string of the molecule is CC(C)Oc1ccc(C(C)N=[N+]=[N-])cc1. The van der Waals surface area contributed by atoms with Crippen LogP contribution in [0.2, 0.25) is 0 Å². The zero-order chi connectivity index (χ0) is 11.3. The van der Waals surface area contributed by atoms with Gasteiger partial charge in [0.15, 0.2) is 0 Å². The summed E-state index contributed by atoms with van der Waals surface area (Å²) in [5, 5.41) is 3.63. The number of azide groups is 1. The Morgan fingerprint density at radius 3 is 2.27 bits per heavy atom. The van der Waals surface area contributed by atoms with Gasteiger partial charge in [0, 0.05) is 4.91 Å². The average Bonchev–Trinajstić information content (AvgIpc) is 2.18. The lowest BCUT2D eigenvalue weighted by Gasteiger charge is -2.11. The van der Waals surface area contributed by atoms with Gasteiger partial charge in [-0.05, 0) is 37.1 Å². The summed E-state index contributed by atoms with van der Waals surface area (Å²) in [5.41, 5.74) is 9.29. The maximum Gasteiger partial charge on any atom is 0.119 e. The summed E-state index contributed by atoms with van der Waals surface area (Å²) in [6.07, 6.45) is 0.172. The Balaban J connectivity index is 2.75. The molecule has 0 saturated carbocycles. The minimum atomic E-state index is -0.136. The molecule has 0 aliphatic rings. The van der Waals surface area contributed by atoms with Crippen molar-refractivity contribution in [3.05, 3.63) is 40.3 Å². The fraction of sp³-hybridized carbons (Fsp3) is 0.455. The van der Waals surface area contributed by atoms with Crippen molar-refractivity contribution in [2.24, 2.45) is 5.11 Å². The summed E-state index contributed by atoms with van der Waals surface area (Å²) in [6.45, 7) is 5.82. The molecule has 0 spiro atoms. The lowest BCUT2D eigenvalue weighted by Crippen LogP contribution is -2.05. The summed E-state index contributed by atoms with van der Waals surface area (Å²) in [7, 11) is 0. The molecule has 0 N–H and O–H groups in total. The molecule has 1 aromatic carbocycles. The van der Waals surface area contributed by atoms with E-state index in [9.17, 15) is 0 Å². The van der Waals surface area contributed by atoms with Gasteiger partial charge in [0.05, 0.1) is 12.1 Å². The molecule has 0 amide bonds. The summed E-state index contributed by atoms with van der Waals surface area (Å²) in [4.78, 5) is 2.78. The van der Waals surface area contributed by atoms with E-state index in [1.165, 1.54) is 0 Å². The number of rotatable bonds is 4. The van der Waals surface area contributed by atoms with Crippen molar-refractivity contribution < 1.29 is 4.74 Å². The van der Waals surface area contributed by atoms with E-state index < -0.39 is 0 Å². The highest BCUT2D eigenvalue weighted by Gasteiger charge is 2.03. The fourth-order valence-corrected chi connectivity index (χ4v) is 1.24. The van der Waals surface area contributed by atoms with Crippen LogP contribution in [0.15, 0.2) is 29.4 Å². The number of nitrogens with zero attached hydrogens (tertiary/aromatic N) is 3. The van der Waals surface area contributed by atoms with Crippen LogP contribution >= 0.6 is 0 Å². The van der Waals surface area contributed by atoms with Crippen molar-refractivity contribution in [3.8, 4) is 5.75 Å². The van der Waals surface area contributed by atoms with E-state index in [2.05, 4.69) is 10.0 Å². The lowest BCUT2D eigenvalue weighted by molar-refractivity contribution is 0.242. The van der Waals surface area contributed by atoms with Gasteiger partial charge in [0.1, 0.15) is 5.75 Å². The molecule has 15 heavy (non-hydrogen) atoms. The van der Waals surface area contributed by atoms with Gasteiger partial charge >= 0.3 is 0 Å². The van der Waals surface area contributed by atoms with Crippen LogP contribution in [-0.4, -0.2) is 6.10 Å². The molecule has 1 atom stereocenters. The van der Waals surface area contributed by atoms with Gasteiger partial charge in [-0.2, -0.15) is 0 Å². The molecule has 80 valence electrons. The fourth-order valence-electron chi connectivity index (χ4n) is 1.24. The van der Waals surface area contributed by atoms with E-state index in [0.717, 1.165) is 11.3 Å². The molecule has 0 fully saturated rings. The third-order valence-corrected chi connectivity index (χ3v) is 1.96. The van der Waals surface area contributed by atoms with E-state index in [1.54, 1.807) is 0 Å². The second-order valence-corrected chi connectivity index (χ2v) is 3.62. The Labute approximate surface area is 89.5 Å². The second kappa shape index (κ2) is 5.27. The Hall–Kier alpha value is -1.67. The highest BCUT2D eigenvalue weighted by Crippen LogP contribution is 2.20. The number of ether oxygens (including phenoxy) is 1. The molecule has 4 heteroatoms. The van der Waals surface area contributed by atoms with Crippen LogP contribution in [0.25, 0.3) is 10.4 Å². The largest absolute Gasteiger partial charge is 0.491 e. The van der Waals surface area contributed by atoms with Crippen LogP contribution in [0.4, 0.5) is 0 Å². The number of hydrogen-bond acceptors (Lipinski definition) is 2. The Morgan fingerprint density at radius 2 is 1.80 bits per heavy atom. The predicted octanol–water partition coefficient (Wildman–Crippen LogP) is 3.85. The molecule has 0 aliphatic heterocycles. The monoisotopic (exact) mass is 205 g/mol. The van der Waals surface area contributed by atoms with Crippen molar-refractivity contribution in [1.29, 1.82) is 0 Å². The summed E-state index contributed by atoms with van der Waals surface area (Å²) < 4.78 is 5.51. The van der Waals surface area contributed by atoms with Gasteiger partial charge in [0.25, 0.3) is 0 Å². The van der Waals surface area contributed by atoms with E-state index >= 15 is 0 Å². The highest BCUT2D eigenvalue weighted by atomic mass is 16.5. The van der Waals surface area contributed by atoms with Crippen molar-refractivity contribution in [1.82, 2.24) is 0 Å². The summed E-state index contributed by atoms with van der Waals surface area (Å²) >= 11 is 0. The third-order valence-electron chi connectivity index (χ3n) is 1.96. The molecule has 0 aliphatic carbocycles. The molecule has 1 unspecified atom stereocenters. The molecule has 1 rings (SSSR count). The van der Waals surface area contributed by atoms with E-state index in [4.69, 9.17) is 10.3 Å². The Kier molecular flexibility index (Phi) is 4.01. The van der Waals surface area contributed by atoms with Crippen LogP contribution in [0.5, 0.6) is 5.75 Å². The third kappa shape index (κ3) is 3.52. The molecule has 0 radical (unpaired) electrons. The van der Waals surface area contributed by atoms with Gasteiger partial charge in [-0.3, -0.25) is 0 Å². The maximum absolute atomic E-state index is 8.31. The molecule has 0 bridgehead atoms. The van der Waals surface area contributed by atoms with E-state index in [-0.39, 0.29) is 12.1 Å². The number of hydrogen-bond donors (Lipinski definition) is 0. The zero-order valence-electron chi connectivity index (χ0n) is 9.21.